The number of urea groups is 1. The van der Waals surface area contributed by atoms with Crippen molar-refractivity contribution in [2.45, 2.75) is 6.54 Å². The summed E-state index contributed by atoms with van der Waals surface area (Å²) in [5.41, 5.74) is 5.85. The molecule has 2 rings (SSSR count). The average Bonchev–Trinajstić information content (AvgIpc) is 2.64. The molecule has 130 valence electrons. The van der Waals surface area contributed by atoms with Crippen molar-refractivity contribution >= 4 is 33.8 Å². The van der Waals surface area contributed by atoms with Crippen LogP contribution in [0.1, 0.15) is 15.9 Å². The second kappa shape index (κ2) is 9.43. The molecular weight excluding hydrogens is 388 g/mol. The summed E-state index contributed by atoms with van der Waals surface area (Å²) in [5, 5.41) is 5.03. The standard InChI is InChI=1S/C17H17BrN4O3/c18-14-8-6-13(7-9-14)16(24)22-21-15(23)11-20-17(25)19-10-12-4-2-1-3-5-12/h1-9H,10-11H2,(H,21,23)(H,22,24)(H2,19,20,25). The van der Waals surface area contributed by atoms with Crippen molar-refractivity contribution in [3.63, 3.8) is 0 Å². The predicted molar refractivity (Wildman–Crippen MR) is 96.4 cm³/mol. The van der Waals surface area contributed by atoms with Gasteiger partial charge in [0.15, 0.2) is 0 Å². The molecule has 0 fully saturated rings. The van der Waals surface area contributed by atoms with Crippen LogP contribution >= 0.6 is 15.9 Å². The summed E-state index contributed by atoms with van der Waals surface area (Å²) in [6.45, 7) is 0.0931. The van der Waals surface area contributed by atoms with E-state index in [0.717, 1.165) is 10.0 Å². The Morgan fingerprint density at radius 3 is 2.20 bits per heavy atom. The maximum absolute atomic E-state index is 11.8. The molecule has 4 amide bonds. The molecule has 25 heavy (non-hydrogen) atoms. The number of hydrogen-bond donors (Lipinski definition) is 4. The monoisotopic (exact) mass is 404 g/mol. The summed E-state index contributed by atoms with van der Waals surface area (Å²) in [4.78, 5) is 35.1. The summed E-state index contributed by atoms with van der Waals surface area (Å²) in [7, 11) is 0. The molecule has 0 unspecified atom stereocenters. The highest BCUT2D eigenvalue weighted by Gasteiger charge is 2.08. The van der Waals surface area contributed by atoms with E-state index in [1.807, 2.05) is 30.3 Å². The third-order valence-corrected chi connectivity index (χ3v) is 3.66. The summed E-state index contributed by atoms with van der Waals surface area (Å²) in [6.07, 6.45) is 0. The average molecular weight is 405 g/mol. The molecule has 0 atom stereocenters. The number of rotatable bonds is 5. The molecule has 0 spiro atoms. The Balaban J connectivity index is 1.65. The topological polar surface area (TPSA) is 99.3 Å². The molecule has 0 bridgehead atoms. The molecule has 4 N–H and O–H groups in total. The Morgan fingerprint density at radius 1 is 0.840 bits per heavy atom. The number of carbonyl (C=O) groups excluding carboxylic acids is 3. The van der Waals surface area contributed by atoms with Gasteiger partial charge in [0.1, 0.15) is 6.54 Å². The van der Waals surface area contributed by atoms with Crippen LogP contribution in [0.4, 0.5) is 4.79 Å². The molecule has 0 aromatic heterocycles. The SMILES string of the molecule is O=C(CNC(=O)NCc1ccccc1)NNC(=O)c1ccc(Br)cc1. The highest BCUT2D eigenvalue weighted by Crippen LogP contribution is 2.10. The first kappa shape index (κ1) is 18.5. The second-order valence-corrected chi connectivity index (χ2v) is 5.95. The first-order chi connectivity index (χ1) is 12.0. The third-order valence-electron chi connectivity index (χ3n) is 3.13. The number of amides is 4. The minimum absolute atomic E-state index is 0.263. The molecule has 0 heterocycles. The lowest BCUT2D eigenvalue weighted by molar-refractivity contribution is -0.120. The van der Waals surface area contributed by atoms with E-state index in [1.165, 1.54) is 0 Å². The van der Waals surface area contributed by atoms with Gasteiger partial charge in [-0.3, -0.25) is 20.4 Å². The van der Waals surface area contributed by atoms with Gasteiger partial charge in [0.25, 0.3) is 11.8 Å². The maximum atomic E-state index is 11.8. The molecule has 2 aromatic carbocycles. The number of benzene rings is 2. The first-order valence-electron chi connectivity index (χ1n) is 7.45. The number of hydrazine groups is 1. The predicted octanol–water partition coefficient (Wildman–Crippen LogP) is 1.71. The molecule has 0 aliphatic rings. The van der Waals surface area contributed by atoms with Gasteiger partial charge in [-0.05, 0) is 29.8 Å². The van der Waals surface area contributed by atoms with Crippen molar-refractivity contribution in [1.29, 1.82) is 0 Å². The van der Waals surface area contributed by atoms with E-state index in [-0.39, 0.29) is 6.54 Å². The van der Waals surface area contributed by atoms with E-state index in [1.54, 1.807) is 24.3 Å². The van der Waals surface area contributed by atoms with Gasteiger partial charge >= 0.3 is 6.03 Å². The number of hydrogen-bond acceptors (Lipinski definition) is 3. The van der Waals surface area contributed by atoms with Crippen LogP contribution in [-0.2, 0) is 11.3 Å². The van der Waals surface area contributed by atoms with Crippen LogP contribution in [0.2, 0.25) is 0 Å². The van der Waals surface area contributed by atoms with E-state index in [2.05, 4.69) is 37.4 Å². The van der Waals surface area contributed by atoms with E-state index in [9.17, 15) is 14.4 Å². The van der Waals surface area contributed by atoms with E-state index >= 15 is 0 Å². The molecule has 7 nitrogen and oxygen atoms in total. The van der Waals surface area contributed by atoms with Crippen LogP contribution in [0, 0.1) is 0 Å². The van der Waals surface area contributed by atoms with Gasteiger partial charge in [0.05, 0.1) is 0 Å². The quantitative estimate of drug-likeness (QED) is 0.570. The van der Waals surface area contributed by atoms with Gasteiger partial charge in [-0.2, -0.15) is 0 Å². The maximum Gasteiger partial charge on any atom is 0.315 e. The van der Waals surface area contributed by atoms with Gasteiger partial charge in [-0.1, -0.05) is 46.3 Å². The van der Waals surface area contributed by atoms with E-state index in [0.29, 0.717) is 12.1 Å². The lowest BCUT2D eigenvalue weighted by atomic mass is 10.2. The van der Waals surface area contributed by atoms with Crippen molar-refractivity contribution in [1.82, 2.24) is 21.5 Å². The van der Waals surface area contributed by atoms with Crippen LogP contribution in [0.15, 0.2) is 59.1 Å². The zero-order valence-electron chi connectivity index (χ0n) is 13.2. The van der Waals surface area contributed by atoms with Gasteiger partial charge < -0.3 is 10.6 Å². The zero-order chi connectivity index (χ0) is 18.1. The largest absolute Gasteiger partial charge is 0.334 e. The molecule has 2 aromatic rings. The Morgan fingerprint density at radius 2 is 1.52 bits per heavy atom. The Hall–Kier alpha value is -2.87. The molecule has 0 aliphatic heterocycles. The van der Waals surface area contributed by atoms with Crippen molar-refractivity contribution < 1.29 is 14.4 Å². The normalized spacial score (nSPS) is 9.80. The summed E-state index contributed by atoms with van der Waals surface area (Å²) >= 11 is 3.27. The third kappa shape index (κ3) is 6.64. The Kier molecular flexibility index (Phi) is 6.97. The minimum Gasteiger partial charge on any atom is -0.334 e. The molecule has 0 radical (unpaired) electrons. The Labute approximate surface area is 153 Å². The molecule has 0 aliphatic carbocycles. The van der Waals surface area contributed by atoms with Crippen LogP contribution < -0.4 is 21.5 Å². The number of halogens is 1. The fourth-order valence-corrected chi connectivity index (χ4v) is 2.11. The molecule has 0 saturated carbocycles. The van der Waals surface area contributed by atoms with Crippen LogP contribution in [0.25, 0.3) is 0 Å². The summed E-state index contributed by atoms with van der Waals surface area (Å²) in [5.74, 6) is -0.991. The van der Waals surface area contributed by atoms with Crippen LogP contribution in [-0.4, -0.2) is 24.4 Å². The highest BCUT2D eigenvalue weighted by molar-refractivity contribution is 9.10. The van der Waals surface area contributed by atoms with Gasteiger partial charge in [-0.15, -0.1) is 0 Å². The summed E-state index contributed by atoms with van der Waals surface area (Å²) < 4.78 is 0.846. The highest BCUT2D eigenvalue weighted by atomic mass is 79.9. The van der Waals surface area contributed by atoms with Crippen molar-refractivity contribution in [3.8, 4) is 0 Å². The second-order valence-electron chi connectivity index (χ2n) is 5.03. The van der Waals surface area contributed by atoms with Crippen LogP contribution in [0.3, 0.4) is 0 Å². The fraction of sp³-hybridized carbons (Fsp3) is 0.118. The number of carbonyl (C=O) groups is 3. The van der Waals surface area contributed by atoms with Crippen molar-refractivity contribution in [2.24, 2.45) is 0 Å². The smallest absolute Gasteiger partial charge is 0.315 e. The Bertz CT molecular complexity index is 735. The van der Waals surface area contributed by atoms with Crippen molar-refractivity contribution in [2.75, 3.05) is 6.54 Å². The van der Waals surface area contributed by atoms with Gasteiger partial charge in [0.2, 0.25) is 0 Å². The molecule has 0 saturated heterocycles. The van der Waals surface area contributed by atoms with Gasteiger partial charge in [-0.25, -0.2) is 4.79 Å². The lowest BCUT2D eigenvalue weighted by Gasteiger charge is -2.09. The number of nitrogens with one attached hydrogen (secondary N) is 4. The van der Waals surface area contributed by atoms with Gasteiger partial charge in [0, 0.05) is 16.6 Å². The van der Waals surface area contributed by atoms with E-state index < -0.39 is 17.8 Å². The first-order valence-corrected chi connectivity index (χ1v) is 8.24. The molecule has 8 heteroatoms. The minimum atomic E-state index is -0.541. The fourth-order valence-electron chi connectivity index (χ4n) is 1.85. The summed E-state index contributed by atoms with van der Waals surface area (Å²) in [6, 6.07) is 15.6. The lowest BCUT2D eigenvalue weighted by Crippen LogP contribution is -2.47. The molecular formula is C17H17BrN4O3. The zero-order valence-corrected chi connectivity index (χ0v) is 14.8. The van der Waals surface area contributed by atoms with Crippen molar-refractivity contribution in [3.05, 3.63) is 70.2 Å². The van der Waals surface area contributed by atoms with E-state index in [4.69, 9.17) is 0 Å². The van der Waals surface area contributed by atoms with Crippen LogP contribution in [0.5, 0.6) is 0 Å².